The van der Waals surface area contributed by atoms with Gasteiger partial charge in [0.15, 0.2) is 0 Å². The van der Waals surface area contributed by atoms with E-state index < -0.39 is 10.0 Å². The molecule has 114 valence electrons. The minimum Gasteiger partial charge on any atom is -0.324 e. The summed E-state index contributed by atoms with van der Waals surface area (Å²) in [5.74, 6) is 0. The summed E-state index contributed by atoms with van der Waals surface area (Å²) in [6.45, 7) is 3.98. The largest absolute Gasteiger partial charge is 0.324 e. The maximum Gasteiger partial charge on any atom is 0.243 e. The zero-order valence-electron chi connectivity index (χ0n) is 12.3. The summed E-state index contributed by atoms with van der Waals surface area (Å²) in [5, 5.41) is 2.80. The fourth-order valence-corrected chi connectivity index (χ4v) is 3.73. The van der Waals surface area contributed by atoms with Gasteiger partial charge in [-0.1, -0.05) is 12.1 Å². The van der Waals surface area contributed by atoms with Crippen molar-refractivity contribution in [3.63, 3.8) is 0 Å². The molecule has 1 aromatic heterocycles. The molecule has 2 aromatic rings. The Kier molecular flexibility index (Phi) is 4.77. The Morgan fingerprint density at radius 2 is 2.14 bits per heavy atom. The highest BCUT2D eigenvalue weighted by atomic mass is 32.2. The predicted molar refractivity (Wildman–Crippen MR) is 84.5 cm³/mol. The Balaban J connectivity index is 2.26. The first-order valence-corrected chi connectivity index (χ1v) is 8.85. The Labute approximate surface area is 129 Å². The molecule has 7 heteroatoms. The molecule has 21 heavy (non-hydrogen) atoms. The molecule has 1 atom stereocenters. The quantitative estimate of drug-likeness (QED) is 0.915. The standard InChI is InChI=1S/C14H19N3O2S2/c1-10(15)12-5-4-6-14(7-12)21(18,19)17(3)8-13-9-20-11(2)16-13/h4-7,9-10H,8,15H2,1-3H3. The Hall–Kier alpha value is -1.28. The van der Waals surface area contributed by atoms with Crippen molar-refractivity contribution in [2.45, 2.75) is 31.3 Å². The summed E-state index contributed by atoms with van der Waals surface area (Å²) in [6.07, 6.45) is 0. The SMILES string of the molecule is Cc1nc(CN(C)S(=O)(=O)c2cccc(C(C)N)c2)cs1. The van der Waals surface area contributed by atoms with Gasteiger partial charge in [-0.3, -0.25) is 0 Å². The van der Waals surface area contributed by atoms with E-state index in [1.54, 1.807) is 25.2 Å². The molecule has 0 aliphatic rings. The molecule has 0 saturated carbocycles. The molecular weight excluding hydrogens is 306 g/mol. The number of hydrogen-bond acceptors (Lipinski definition) is 5. The summed E-state index contributed by atoms with van der Waals surface area (Å²) >= 11 is 1.51. The van der Waals surface area contributed by atoms with Crippen molar-refractivity contribution in [2.75, 3.05) is 7.05 Å². The summed E-state index contributed by atoms with van der Waals surface area (Å²) in [7, 11) is -1.98. The summed E-state index contributed by atoms with van der Waals surface area (Å²) in [5.41, 5.74) is 7.37. The van der Waals surface area contributed by atoms with Crippen molar-refractivity contribution in [2.24, 2.45) is 5.73 Å². The van der Waals surface area contributed by atoms with Crippen molar-refractivity contribution >= 4 is 21.4 Å². The maximum absolute atomic E-state index is 12.6. The van der Waals surface area contributed by atoms with E-state index in [4.69, 9.17) is 5.73 Å². The monoisotopic (exact) mass is 325 g/mol. The van der Waals surface area contributed by atoms with Gasteiger partial charge < -0.3 is 5.73 Å². The number of thiazole rings is 1. The molecule has 0 bridgehead atoms. The molecule has 2 rings (SSSR count). The second-order valence-electron chi connectivity index (χ2n) is 4.98. The lowest BCUT2D eigenvalue weighted by Gasteiger charge is -2.17. The average Bonchev–Trinajstić information content (AvgIpc) is 2.84. The van der Waals surface area contributed by atoms with Gasteiger partial charge in [-0.2, -0.15) is 4.31 Å². The number of aryl methyl sites for hydroxylation is 1. The van der Waals surface area contributed by atoms with Crippen molar-refractivity contribution < 1.29 is 8.42 Å². The maximum atomic E-state index is 12.6. The molecule has 0 aliphatic heterocycles. The number of aromatic nitrogens is 1. The first-order chi connectivity index (χ1) is 9.80. The molecule has 0 radical (unpaired) electrons. The van der Waals surface area contributed by atoms with Gasteiger partial charge in [0.05, 0.1) is 22.1 Å². The van der Waals surface area contributed by atoms with E-state index in [-0.39, 0.29) is 17.5 Å². The van der Waals surface area contributed by atoms with E-state index in [1.807, 2.05) is 25.3 Å². The van der Waals surface area contributed by atoms with Gasteiger partial charge in [-0.25, -0.2) is 13.4 Å². The summed E-state index contributed by atoms with van der Waals surface area (Å²) in [6, 6.07) is 6.55. The molecule has 0 spiro atoms. The van der Waals surface area contributed by atoms with Crippen LogP contribution in [0.15, 0.2) is 34.5 Å². The highest BCUT2D eigenvalue weighted by Gasteiger charge is 2.22. The molecule has 0 fully saturated rings. The lowest BCUT2D eigenvalue weighted by Crippen LogP contribution is -2.26. The minimum absolute atomic E-state index is 0.202. The van der Waals surface area contributed by atoms with Gasteiger partial charge in [0.2, 0.25) is 10.0 Å². The highest BCUT2D eigenvalue weighted by Crippen LogP contribution is 2.20. The topological polar surface area (TPSA) is 76.3 Å². The normalized spacial score (nSPS) is 13.6. The van der Waals surface area contributed by atoms with E-state index in [1.165, 1.54) is 15.6 Å². The highest BCUT2D eigenvalue weighted by molar-refractivity contribution is 7.89. The lowest BCUT2D eigenvalue weighted by atomic mass is 10.1. The van der Waals surface area contributed by atoms with Crippen LogP contribution in [0.25, 0.3) is 0 Å². The van der Waals surface area contributed by atoms with E-state index >= 15 is 0 Å². The Morgan fingerprint density at radius 1 is 1.43 bits per heavy atom. The third-order valence-corrected chi connectivity index (χ3v) is 5.76. The Morgan fingerprint density at radius 3 is 2.71 bits per heavy atom. The van der Waals surface area contributed by atoms with Crippen LogP contribution in [0.1, 0.15) is 29.2 Å². The molecule has 0 amide bonds. The molecule has 0 saturated heterocycles. The predicted octanol–water partition coefficient (Wildman–Crippen LogP) is 2.29. The van der Waals surface area contributed by atoms with Crippen LogP contribution in [-0.2, 0) is 16.6 Å². The van der Waals surface area contributed by atoms with Crippen LogP contribution in [-0.4, -0.2) is 24.8 Å². The average molecular weight is 325 g/mol. The third kappa shape index (κ3) is 3.68. The molecule has 5 nitrogen and oxygen atoms in total. The number of nitrogens with zero attached hydrogens (tertiary/aromatic N) is 2. The number of nitrogens with two attached hydrogens (primary N) is 1. The number of sulfonamides is 1. The van der Waals surface area contributed by atoms with Crippen LogP contribution in [0.3, 0.4) is 0 Å². The van der Waals surface area contributed by atoms with Crippen molar-refractivity contribution in [1.82, 2.24) is 9.29 Å². The number of benzene rings is 1. The van der Waals surface area contributed by atoms with Crippen molar-refractivity contribution in [3.05, 3.63) is 45.9 Å². The van der Waals surface area contributed by atoms with E-state index in [9.17, 15) is 8.42 Å². The molecule has 1 unspecified atom stereocenters. The van der Waals surface area contributed by atoms with Crippen molar-refractivity contribution in [1.29, 1.82) is 0 Å². The van der Waals surface area contributed by atoms with E-state index in [2.05, 4.69) is 4.98 Å². The second kappa shape index (κ2) is 6.23. The molecule has 0 aliphatic carbocycles. The molecular formula is C14H19N3O2S2. The van der Waals surface area contributed by atoms with Crippen LogP contribution >= 0.6 is 11.3 Å². The summed E-state index contributed by atoms with van der Waals surface area (Å²) < 4.78 is 26.5. The van der Waals surface area contributed by atoms with Gasteiger partial charge in [-0.05, 0) is 31.5 Å². The van der Waals surface area contributed by atoms with Gasteiger partial charge in [0.1, 0.15) is 0 Å². The van der Waals surface area contributed by atoms with Crippen LogP contribution in [0.5, 0.6) is 0 Å². The van der Waals surface area contributed by atoms with E-state index in [0.29, 0.717) is 0 Å². The molecule has 2 N–H and O–H groups in total. The van der Waals surface area contributed by atoms with Crippen LogP contribution in [0.4, 0.5) is 0 Å². The fraction of sp³-hybridized carbons (Fsp3) is 0.357. The molecule has 1 aromatic carbocycles. The second-order valence-corrected chi connectivity index (χ2v) is 8.09. The van der Waals surface area contributed by atoms with Crippen LogP contribution < -0.4 is 5.73 Å². The van der Waals surface area contributed by atoms with Crippen LogP contribution in [0, 0.1) is 6.92 Å². The molecule has 1 heterocycles. The Bertz CT molecular complexity index is 723. The smallest absolute Gasteiger partial charge is 0.243 e. The minimum atomic E-state index is -3.54. The number of rotatable bonds is 5. The first-order valence-electron chi connectivity index (χ1n) is 6.53. The van der Waals surface area contributed by atoms with Gasteiger partial charge in [0.25, 0.3) is 0 Å². The van der Waals surface area contributed by atoms with Crippen molar-refractivity contribution in [3.8, 4) is 0 Å². The first kappa shape index (κ1) is 16.1. The van der Waals surface area contributed by atoms with Gasteiger partial charge in [-0.15, -0.1) is 11.3 Å². The van der Waals surface area contributed by atoms with Gasteiger partial charge in [0, 0.05) is 18.5 Å². The van der Waals surface area contributed by atoms with E-state index in [0.717, 1.165) is 16.3 Å². The van der Waals surface area contributed by atoms with Crippen LogP contribution in [0.2, 0.25) is 0 Å². The zero-order valence-corrected chi connectivity index (χ0v) is 13.9. The lowest BCUT2D eigenvalue weighted by molar-refractivity contribution is 0.462. The summed E-state index contributed by atoms with van der Waals surface area (Å²) in [4.78, 5) is 4.55. The fourth-order valence-electron chi connectivity index (χ4n) is 1.93. The third-order valence-electron chi connectivity index (χ3n) is 3.14. The van der Waals surface area contributed by atoms with Gasteiger partial charge >= 0.3 is 0 Å². The zero-order chi connectivity index (χ0) is 15.6. The number of hydrogen-bond donors (Lipinski definition) is 1.